The number of aromatic nitrogens is 7. The summed E-state index contributed by atoms with van der Waals surface area (Å²) in [7, 11) is 0. The lowest BCUT2D eigenvalue weighted by atomic mass is 10.1. The first kappa shape index (κ1) is 13.9. The molecule has 0 saturated heterocycles. The number of hydrogen-bond acceptors (Lipinski definition) is 6. The Hall–Kier alpha value is -3.10. The number of carbonyl (C=O) groups is 1. The van der Waals surface area contributed by atoms with Gasteiger partial charge in [-0.3, -0.25) is 4.79 Å². The highest BCUT2D eigenvalue weighted by Gasteiger charge is 2.10. The Morgan fingerprint density at radius 1 is 1.27 bits per heavy atom. The molecule has 1 amide bonds. The van der Waals surface area contributed by atoms with Crippen LogP contribution in [0.3, 0.4) is 0 Å². The molecule has 0 spiro atoms. The molecule has 0 saturated carbocycles. The van der Waals surface area contributed by atoms with Crippen molar-refractivity contribution in [2.75, 3.05) is 0 Å². The third kappa shape index (κ3) is 3.14. The summed E-state index contributed by atoms with van der Waals surface area (Å²) >= 11 is 0. The van der Waals surface area contributed by atoms with Gasteiger partial charge in [0.05, 0.1) is 11.7 Å². The number of carbonyl (C=O) groups excluding carboxylic acids is 1. The maximum Gasteiger partial charge on any atom is 0.242 e. The van der Waals surface area contributed by atoms with Gasteiger partial charge in [-0.2, -0.15) is 5.10 Å². The van der Waals surface area contributed by atoms with Crippen molar-refractivity contribution in [2.45, 2.75) is 19.5 Å². The molecule has 0 aliphatic carbocycles. The van der Waals surface area contributed by atoms with Crippen molar-refractivity contribution in [1.82, 2.24) is 40.3 Å². The molecule has 0 radical (unpaired) electrons. The smallest absolute Gasteiger partial charge is 0.242 e. The van der Waals surface area contributed by atoms with Crippen LogP contribution in [0.25, 0.3) is 5.69 Å². The Labute approximate surface area is 126 Å². The molecule has 9 heteroatoms. The van der Waals surface area contributed by atoms with E-state index in [0.29, 0.717) is 0 Å². The molecule has 0 bridgehead atoms. The summed E-state index contributed by atoms with van der Waals surface area (Å²) in [5, 5.41) is 17.6. The number of nitrogens with one attached hydrogen (secondary N) is 1. The van der Waals surface area contributed by atoms with E-state index in [1.165, 1.54) is 17.3 Å². The van der Waals surface area contributed by atoms with Crippen LogP contribution in [0, 0.1) is 0 Å². The van der Waals surface area contributed by atoms with E-state index in [1.807, 2.05) is 31.2 Å². The van der Waals surface area contributed by atoms with Gasteiger partial charge in [0.15, 0.2) is 0 Å². The summed E-state index contributed by atoms with van der Waals surface area (Å²) in [6.07, 6.45) is 4.51. The van der Waals surface area contributed by atoms with Crippen LogP contribution >= 0.6 is 0 Å². The number of tetrazole rings is 1. The zero-order valence-corrected chi connectivity index (χ0v) is 11.9. The van der Waals surface area contributed by atoms with Crippen LogP contribution in [0.5, 0.6) is 0 Å². The number of amides is 1. The second kappa shape index (κ2) is 6.12. The van der Waals surface area contributed by atoms with E-state index in [4.69, 9.17) is 0 Å². The second-order valence-electron chi connectivity index (χ2n) is 4.73. The fourth-order valence-corrected chi connectivity index (χ4v) is 2.03. The van der Waals surface area contributed by atoms with E-state index in [-0.39, 0.29) is 18.5 Å². The van der Waals surface area contributed by atoms with Crippen molar-refractivity contribution in [2.24, 2.45) is 0 Å². The van der Waals surface area contributed by atoms with E-state index in [9.17, 15) is 4.79 Å². The highest BCUT2D eigenvalue weighted by atomic mass is 16.2. The monoisotopic (exact) mass is 298 g/mol. The minimum atomic E-state index is -0.153. The highest BCUT2D eigenvalue weighted by molar-refractivity contribution is 5.76. The van der Waals surface area contributed by atoms with Gasteiger partial charge in [-0.15, -0.1) is 5.10 Å². The van der Waals surface area contributed by atoms with E-state index in [2.05, 4.69) is 30.9 Å². The molecule has 112 valence electrons. The van der Waals surface area contributed by atoms with Gasteiger partial charge in [0.1, 0.15) is 25.5 Å². The Morgan fingerprint density at radius 3 is 2.73 bits per heavy atom. The van der Waals surface area contributed by atoms with Crippen molar-refractivity contribution < 1.29 is 4.79 Å². The number of rotatable bonds is 5. The second-order valence-corrected chi connectivity index (χ2v) is 4.73. The Balaban J connectivity index is 1.62. The molecule has 22 heavy (non-hydrogen) atoms. The first-order chi connectivity index (χ1) is 10.7. The standard InChI is InChI=1S/C13H14N8O/c1-10(17-13(22)6-20-9-15-18-19-20)11-2-4-12(5-3-11)21-8-14-7-16-21/h2-5,7-10H,6H2,1H3,(H,17,22). The fraction of sp³-hybridized carbons (Fsp3) is 0.231. The van der Waals surface area contributed by atoms with Gasteiger partial charge in [-0.05, 0) is 35.0 Å². The van der Waals surface area contributed by atoms with E-state index in [1.54, 1.807) is 11.0 Å². The van der Waals surface area contributed by atoms with Crippen LogP contribution in [0.15, 0.2) is 43.2 Å². The summed E-state index contributed by atoms with van der Waals surface area (Å²) in [5.41, 5.74) is 1.90. The molecule has 9 nitrogen and oxygen atoms in total. The quantitative estimate of drug-likeness (QED) is 0.718. The van der Waals surface area contributed by atoms with Crippen LogP contribution in [-0.4, -0.2) is 40.9 Å². The highest BCUT2D eigenvalue weighted by Crippen LogP contribution is 2.15. The van der Waals surface area contributed by atoms with Crippen molar-refractivity contribution >= 4 is 5.91 Å². The zero-order valence-electron chi connectivity index (χ0n) is 11.9. The molecule has 0 aliphatic heterocycles. The predicted molar refractivity (Wildman–Crippen MR) is 75.7 cm³/mol. The topological polar surface area (TPSA) is 103 Å². The SMILES string of the molecule is CC(NC(=O)Cn1cnnn1)c1ccc(-n2cncn2)cc1. The lowest BCUT2D eigenvalue weighted by Crippen LogP contribution is -2.30. The number of hydrogen-bond donors (Lipinski definition) is 1. The maximum atomic E-state index is 11.9. The first-order valence-electron chi connectivity index (χ1n) is 6.67. The molecule has 3 aromatic rings. The summed E-state index contributed by atoms with van der Waals surface area (Å²) in [6, 6.07) is 7.62. The largest absolute Gasteiger partial charge is 0.348 e. The molecule has 2 aromatic heterocycles. The molecule has 3 rings (SSSR count). The van der Waals surface area contributed by atoms with E-state index < -0.39 is 0 Å². The Bertz CT molecular complexity index is 720. The summed E-state index contributed by atoms with van der Waals surface area (Å²) < 4.78 is 3.04. The Kier molecular flexibility index (Phi) is 3.86. The average molecular weight is 298 g/mol. The van der Waals surface area contributed by atoms with Crippen LogP contribution < -0.4 is 5.32 Å². The first-order valence-corrected chi connectivity index (χ1v) is 6.67. The van der Waals surface area contributed by atoms with Crippen molar-refractivity contribution in [3.8, 4) is 5.69 Å². The van der Waals surface area contributed by atoms with Gasteiger partial charge < -0.3 is 5.32 Å². The normalized spacial score (nSPS) is 12.0. The van der Waals surface area contributed by atoms with Crippen LogP contribution in [0.2, 0.25) is 0 Å². The Morgan fingerprint density at radius 2 is 2.09 bits per heavy atom. The lowest BCUT2D eigenvalue weighted by molar-refractivity contribution is -0.122. The summed E-state index contributed by atoms with van der Waals surface area (Å²) in [5.74, 6) is -0.153. The number of nitrogens with zero attached hydrogens (tertiary/aromatic N) is 7. The zero-order chi connectivity index (χ0) is 15.4. The van der Waals surface area contributed by atoms with Gasteiger partial charge in [0.25, 0.3) is 0 Å². The van der Waals surface area contributed by atoms with Crippen LogP contribution in [0.1, 0.15) is 18.5 Å². The molecule has 1 N–H and O–H groups in total. The van der Waals surface area contributed by atoms with E-state index >= 15 is 0 Å². The van der Waals surface area contributed by atoms with E-state index in [0.717, 1.165) is 11.3 Å². The van der Waals surface area contributed by atoms with Crippen molar-refractivity contribution in [1.29, 1.82) is 0 Å². The van der Waals surface area contributed by atoms with Gasteiger partial charge in [-0.1, -0.05) is 12.1 Å². The van der Waals surface area contributed by atoms with Gasteiger partial charge in [0.2, 0.25) is 5.91 Å². The lowest BCUT2D eigenvalue weighted by Gasteiger charge is -2.14. The molecule has 0 fully saturated rings. The number of benzene rings is 1. The summed E-state index contributed by atoms with van der Waals surface area (Å²) in [6.45, 7) is 2.01. The van der Waals surface area contributed by atoms with Gasteiger partial charge >= 0.3 is 0 Å². The van der Waals surface area contributed by atoms with Crippen molar-refractivity contribution in [3.05, 3.63) is 48.8 Å². The maximum absolute atomic E-state index is 11.9. The van der Waals surface area contributed by atoms with Gasteiger partial charge in [-0.25, -0.2) is 14.3 Å². The van der Waals surface area contributed by atoms with Gasteiger partial charge in [0, 0.05) is 0 Å². The predicted octanol–water partition coefficient (Wildman–Crippen LogP) is 0.131. The minimum Gasteiger partial charge on any atom is -0.348 e. The molecule has 1 atom stereocenters. The van der Waals surface area contributed by atoms with Crippen LogP contribution in [-0.2, 0) is 11.3 Å². The molecular weight excluding hydrogens is 284 g/mol. The minimum absolute atomic E-state index is 0.0916. The van der Waals surface area contributed by atoms with Crippen molar-refractivity contribution in [3.63, 3.8) is 0 Å². The third-order valence-electron chi connectivity index (χ3n) is 3.15. The molecule has 1 unspecified atom stereocenters. The molecule has 2 heterocycles. The average Bonchev–Trinajstić information content (AvgIpc) is 3.20. The summed E-state index contributed by atoms with van der Waals surface area (Å²) in [4.78, 5) is 15.8. The molecular formula is C13H14N8O. The third-order valence-corrected chi connectivity index (χ3v) is 3.15. The molecule has 0 aliphatic rings. The fourth-order valence-electron chi connectivity index (χ4n) is 2.03. The van der Waals surface area contributed by atoms with Crippen LogP contribution in [0.4, 0.5) is 0 Å². The molecule has 1 aromatic carbocycles.